The summed E-state index contributed by atoms with van der Waals surface area (Å²) in [6, 6.07) is 0. The Labute approximate surface area is 183 Å². The molecule has 0 nitrogen and oxygen atoms in total. The lowest BCUT2D eigenvalue weighted by Gasteiger charge is -2.11. The van der Waals surface area contributed by atoms with Gasteiger partial charge in [0.15, 0.2) is 0 Å². The van der Waals surface area contributed by atoms with Crippen LogP contribution in [0.2, 0.25) is 4.55 Å². The van der Waals surface area contributed by atoms with Gasteiger partial charge in [0.05, 0.1) is 0 Å². The third kappa shape index (κ3) is 23.3. The number of hydrogen-bond donors (Lipinski definition) is 0. The quantitative estimate of drug-likeness (QED) is 0.116. The summed E-state index contributed by atoms with van der Waals surface area (Å²) in [5.74, 6) is 0.970. The highest BCUT2D eigenvalue weighted by molar-refractivity contribution is 9.23. The summed E-state index contributed by atoms with van der Waals surface area (Å²) in [6.45, 7) is 4.78. The fraction of sp³-hybridized carbons (Fsp3) is 1.00. The van der Waals surface area contributed by atoms with Crippen molar-refractivity contribution in [2.24, 2.45) is 5.92 Å². The highest BCUT2D eigenvalue weighted by Gasteiger charge is 2.02. The first-order valence-corrected chi connectivity index (χ1v) is 17.3. The molecule has 0 radical (unpaired) electrons. The molecule has 0 amide bonds. The Morgan fingerprint density at radius 3 is 1.27 bits per heavy atom. The molecule has 0 aliphatic rings. The molecule has 26 heavy (non-hydrogen) atoms. The Morgan fingerprint density at radius 2 is 0.885 bits per heavy atom. The van der Waals surface area contributed by atoms with Crippen LogP contribution in [0.4, 0.5) is 0 Å². The SMILES string of the molecule is CCCCCCCCCCCCCCCCC(C)CCCCC[CH2][Mg][Br]. The highest BCUT2D eigenvalue weighted by Crippen LogP contribution is 2.19. The van der Waals surface area contributed by atoms with Gasteiger partial charge in [0.2, 0.25) is 0 Å². The Kier molecular flexibility index (Phi) is 25.4. The van der Waals surface area contributed by atoms with E-state index < -0.39 is 0 Å². The minimum Gasteiger partial charge on any atom is -0.307 e. The molecule has 0 fully saturated rings. The molecule has 0 heterocycles. The summed E-state index contributed by atoms with van der Waals surface area (Å²) in [6.07, 6.45) is 29.5. The molecular formula is C24H49BrMg. The Balaban J connectivity index is 3.09. The van der Waals surface area contributed by atoms with Gasteiger partial charge in [-0.05, 0) is 5.92 Å². The van der Waals surface area contributed by atoms with Crippen molar-refractivity contribution in [2.45, 2.75) is 147 Å². The summed E-state index contributed by atoms with van der Waals surface area (Å²) >= 11 is 3.80. The van der Waals surface area contributed by atoms with Gasteiger partial charge in [-0.25, -0.2) is 0 Å². The van der Waals surface area contributed by atoms with Crippen molar-refractivity contribution < 1.29 is 0 Å². The summed E-state index contributed by atoms with van der Waals surface area (Å²) in [4.78, 5) is 0. The van der Waals surface area contributed by atoms with Crippen LogP contribution in [0.1, 0.15) is 142 Å². The van der Waals surface area contributed by atoms with Crippen molar-refractivity contribution in [2.75, 3.05) is 0 Å². The lowest BCUT2D eigenvalue weighted by molar-refractivity contribution is 0.433. The monoisotopic (exact) mass is 440 g/mol. The summed E-state index contributed by atoms with van der Waals surface area (Å²) in [5, 5.41) is 0. The van der Waals surface area contributed by atoms with Gasteiger partial charge in [-0.3, -0.25) is 0 Å². The third-order valence-electron chi connectivity index (χ3n) is 5.88. The van der Waals surface area contributed by atoms with E-state index in [1.165, 1.54) is 133 Å². The Bertz CT molecular complexity index is 244. The van der Waals surface area contributed by atoms with E-state index in [4.69, 9.17) is 0 Å². The highest BCUT2D eigenvalue weighted by atomic mass is 79.9. The van der Waals surface area contributed by atoms with Crippen LogP contribution in [0.3, 0.4) is 0 Å². The fourth-order valence-electron chi connectivity index (χ4n) is 3.95. The fourth-order valence-corrected chi connectivity index (χ4v) is 5.68. The van der Waals surface area contributed by atoms with Crippen LogP contribution >= 0.6 is 12.9 Å². The lowest BCUT2D eigenvalue weighted by atomic mass is 9.96. The molecule has 0 bridgehead atoms. The molecule has 0 rings (SSSR count). The summed E-state index contributed by atoms with van der Waals surface area (Å²) in [7, 11) is 0. The number of hydrogen-bond acceptors (Lipinski definition) is 0. The molecule has 0 saturated heterocycles. The zero-order chi connectivity index (χ0) is 19.1. The second-order valence-electron chi connectivity index (χ2n) is 8.74. The minimum atomic E-state index is 0.146. The number of unbranched alkanes of at least 4 members (excludes halogenated alkanes) is 16. The Morgan fingerprint density at radius 1 is 0.538 bits per heavy atom. The van der Waals surface area contributed by atoms with Crippen molar-refractivity contribution in [1.29, 1.82) is 0 Å². The molecule has 0 saturated carbocycles. The van der Waals surface area contributed by atoms with Crippen LogP contribution in [0, 0.1) is 5.92 Å². The average molecular weight is 442 g/mol. The van der Waals surface area contributed by atoms with Crippen LogP contribution in [-0.4, -0.2) is 18.2 Å². The first-order valence-electron chi connectivity index (χ1n) is 12.4. The predicted molar refractivity (Wildman–Crippen MR) is 127 cm³/mol. The third-order valence-corrected chi connectivity index (χ3v) is 8.33. The average Bonchev–Trinajstić information content (AvgIpc) is 2.65. The van der Waals surface area contributed by atoms with Gasteiger partial charge in [0, 0.05) is 0 Å². The normalized spacial score (nSPS) is 12.3. The van der Waals surface area contributed by atoms with Crippen LogP contribution in [0.15, 0.2) is 0 Å². The smallest absolute Gasteiger partial charge is 0.307 e. The maximum atomic E-state index is 3.65. The van der Waals surface area contributed by atoms with Gasteiger partial charge < -0.3 is 12.9 Å². The second kappa shape index (κ2) is 24.3. The van der Waals surface area contributed by atoms with E-state index in [2.05, 4.69) is 26.7 Å². The van der Waals surface area contributed by atoms with Crippen LogP contribution in [0.25, 0.3) is 0 Å². The molecule has 1 unspecified atom stereocenters. The van der Waals surface area contributed by atoms with Crippen LogP contribution in [-0.2, 0) is 0 Å². The van der Waals surface area contributed by atoms with Gasteiger partial charge in [-0.1, -0.05) is 142 Å². The van der Waals surface area contributed by atoms with E-state index in [1.54, 1.807) is 0 Å². The topological polar surface area (TPSA) is 0 Å². The molecule has 154 valence electrons. The molecule has 0 aliphatic carbocycles. The van der Waals surface area contributed by atoms with Crippen molar-refractivity contribution in [3.63, 3.8) is 0 Å². The molecule has 0 aromatic carbocycles. The standard InChI is InChI=1S/C24H49.BrH.Mg/c1-4-6-8-10-11-12-13-14-15-16-17-18-19-21-23-24(3)22-20-9-7-5-2;;/h24H,2,4-23H2,1,3H3;1H;/q;;+1/p-1. The molecule has 2 heteroatoms. The van der Waals surface area contributed by atoms with Crippen LogP contribution in [0.5, 0.6) is 0 Å². The molecule has 0 aromatic rings. The van der Waals surface area contributed by atoms with Gasteiger partial charge >= 0.3 is 18.2 Å². The maximum absolute atomic E-state index is 3.65. The van der Waals surface area contributed by atoms with Gasteiger partial charge in [-0.15, -0.1) is 4.55 Å². The van der Waals surface area contributed by atoms with E-state index in [0.717, 1.165) is 5.92 Å². The van der Waals surface area contributed by atoms with Crippen LogP contribution < -0.4 is 0 Å². The minimum absolute atomic E-state index is 0.146. The van der Waals surface area contributed by atoms with E-state index in [-0.39, 0.29) is 18.2 Å². The van der Waals surface area contributed by atoms with Crippen molar-refractivity contribution >= 4 is 31.1 Å². The zero-order valence-corrected chi connectivity index (χ0v) is 21.5. The van der Waals surface area contributed by atoms with Crippen molar-refractivity contribution in [3.8, 4) is 0 Å². The number of rotatable bonds is 22. The zero-order valence-electron chi connectivity index (χ0n) is 18.5. The first kappa shape index (κ1) is 27.2. The predicted octanol–water partition coefficient (Wildman–Crippen LogP) is 9.88. The summed E-state index contributed by atoms with van der Waals surface area (Å²) in [5.41, 5.74) is 0. The molecule has 1 atom stereocenters. The molecule has 0 spiro atoms. The first-order chi connectivity index (χ1) is 12.8. The second-order valence-corrected chi connectivity index (χ2v) is 12.2. The Hall–Kier alpha value is 1.25. The molecule has 0 N–H and O–H groups in total. The van der Waals surface area contributed by atoms with Crippen molar-refractivity contribution in [3.05, 3.63) is 0 Å². The largest absolute Gasteiger partial charge is 0.468 e. The number of halogens is 1. The molecular weight excluding hydrogens is 392 g/mol. The lowest BCUT2D eigenvalue weighted by Crippen LogP contribution is -1.95. The van der Waals surface area contributed by atoms with Gasteiger partial charge in [0.25, 0.3) is 0 Å². The van der Waals surface area contributed by atoms with E-state index >= 15 is 0 Å². The van der Waals surface area contributed by atoms with E-state index in [9.17, 15) is 0 Å². The van der Waals surface area contributed by atoms with E-state index in [0.29, 0.717) is 0 Å². The van der Waals surface area contributed by atoms with Gasteiger partial charge in [-0.2, -0.15) is 0 Å². The molecule has 0 aliphatic heterocycles. The summed E-state index contributed by atoms with van der Waals surface area (Å²) < 4.78 is 1.49. The van der Waals surface area contributed by atoms with Crippen molar-refractivity contribution in [1.82, 2.24) is 0 Å². The molecule has 0 aromatic heterocycles. The van der Waals surface area contributed by atoms with E-state index in [1.807, 2.05) is 0 Å². The maximum Gasteiger partial charge on any atom is 0.468 e. The van der Waals surface area contributed by atoms with Gasteiger partial charge in [0.1, 0.15) is 0 Å².